The maximum atomic E-state index is 6.38. The summed E-state index contributed by atoms with van der Waals surface area (Å²) in [5.74, 6) is 1.05. The van der Waals surface area contributed by atoms with Crippen LogP contribution < -0.4 is 5.32 Å². The number of para-hydroxylation sites is 1. The van der Waals surface area contributed by atoms with Crippen molar-refractivity contribution in [2.75, 3.05) is 11.9 Å². The Labute approximate surface area is 118 Å². The molecule has 5 heteroatoms. The number of rotatable bonds is 6. The van der Waals surface area contributed by atoms with Crippen molar-refractivity contribution in [1.29, 1.82) is 0 Å². The summed E-state index contributed by atoms with van der Waals surface area (Å²) in [6.07, 6.45) is 2.17. The molecule has 0 aliphatic rings. The first-order valence-corrected chi connectivity index (χ1v) is 7.15. The highest BCUT2D eigenvalue weighted by molar-refractivity contribution is 6.21. The fourth-order valence-corrected chi connectivity index (χ4v) is 2.54. The lowest BCUT2D eigenvalue weighted by molar-refractivity contribution is 0.475. The summed E-state index contributed by atoms with van der Waals surface area (Å²) >= 11 is 6.38. The maximum Gasteiger partial charge on any atom is 0.243 e. The minimum absolute atomic E-state index is 0.0880. The Morgan fingerprint density at radius 1 is 1.11 bits per heavy atom. The maximum absolute atomic E-state index is 6.38. The first-order chi connectivity index (χ1) is 9.24. The van der Waals surface area contributed by atoms with E-state index in [0.29, 0.717) is 18.4 Å². The fraction of sp³-hybridized carbons (Fsp3) is 0.500. The summed E-state index contributed by atoms with van der Waals surface area (Å²) in [5, 5.41) is 11.4. The van der Waals surface area contributed by atoms with Gasteiger partial charge in [-0.15, -0.1) is 21.8 Å². The molecule has 0 fully saturated rings. The van der Waals surface area contributed by atoms with E-state index in [4.69, 9.17) is 11.6 Å². The molecule has 102 valence electrons. The molecule has 2 aromatic rings. The Morgan fingerprint density at radius 3 is 2.47 bits per heavy atom. The molecule has 4 nitrogen and oxygen atoms in total. The summed E-state index contributed by atoms with van der Waals surface area (Å²) < 4.78 is 0. The van der Waals surface area contributed by atoms with Gasteiger partial charge in [-0.1, -0.05) is 38.8 Å². The molecule has 1 aromatic carbocycles. The Balaban J connectivity index is 2.01. The highest BCUT2D eigenvalue weighted by Gasteiger charge is 2.15. The van der Waals surface area contributed by atoms with E-state index in [1.54, 1.807) is 0 Å². The summed E-state index contributed by atoms with van der Waals surface area (Å²) in [6, 6.07) is 7.69. The lowest BCUT2D eigenvalue weighted by atomic mass is 9.99. The van der Waals surface area contributed by atoms with Crippen LogP contribution in [-0.4, -0.2) is 27.1 Å². The fourth-order valence-electron chi connectivity index (χ4n) is 2.11. The van der Waals surface area contributed by atoms with Gasteiger partial charge < -0.3 is 5.32 Å². The second-order valence-corrected chi connectivity index (χ2v) is 5.16. The summed E-state index contributed by atoms with van der Waals surface area (Å²) in [6.45, 7) is 4.99. The molecule has 1 heterocycles. The topological polar surface area (TPSA) is 50.7 Å². The Kier molecular flexibility index (Phi) is 4.91. The Hall–Kier alpha value is -1.42. The molecule has 0 amide bonds. The van der Waals surface area contributed by atoms with Gasteiger partial charge in [-0.3, -0.25) is 0 Å². The van der Waals surface area contributed by atoms with E-state index in [1.807, 2.05) is 24.3 Å². The third-order valence-corrected chi connectivity index (χ3v) is 3.89. The number of nitrogens with one attached hydrogen (secondary N) is 1. The Morgan fingerprint density at radius 2 is 1.79 bits per heavy atom. The van der Waals surface area contributed by atoms with Crippen LogP contribution in [0.1, 0.15) is 26.7 Å². The van der Waals surface area contributed by atoms with Gasteiger partial charge in [0.15, 0.2) is 0 Å². The molecule has 0 saturated carbocycles. The molecule has 1 N–H and O–H groups in total. The van der Waals surface area contributed by atoms with Gasteiger partial charge in [0, 0.05) is 6.54 Å². The number of halogens is 1. The van der Waals surface area contributed by atoms with E-state index >= 15 is 0 Å². The molecule has 0 aliphatic heterocycles. The molecule has 1 unspecified atom stereocenters. The third-order valence-electron chi connectivity index (χ3n) is 3.38. The van der Waals surface area contributed by atoms with Gasteiger partial charge in [-0.05, 0) is 18.1 Å². The van der Waals surface area contributed by atoms with Crippen LogP contribution >= 0.6 is 11.6 Å². The predicted molar refractivity (Wildman–Crippen MR) is 79.5 cm³/mol. The standard InChI is InChI=1S/C14H19ClN4/c1-3-10(4-2)11(15)9-16-14-17-12-7-5-6-8-13(12)18-19-14/h5-8,10-11H,3-4,9H2,1-2H3,(H,16,17,19). The molecule has 0 bridgehead atoms. The SMILES string of the molecule is CCC(CC)C(Cl)CNc1nnc2ccccc2n1. The smallest absolute Gasteiger partial charge is 0.243 e. The van der Waals surface area contributed by atoms with Crippen LogP contribution in [0.4, 0.5) is 5.95 Å². The van der Waals surface area contributed by atoms with E-state index in [0.717, 1.165) is 23.9 Å². The highest BCUT2D eigenvalue weighted by atomic mass is 35.5. The highest BCUT2D eigenvalue weighted by Crippen LogP contribution is 2.18. The van der Waals surface area contributed by atoms with Crippen LogP contribution in [0.5, 0.6) is 0 Å². The van der Waals surface area contributed by atoms with Crippen LogP contribution in [0.2, 0.25) is 0 Å². The van der Waals surface area contributed by atoms with Crippen molar-refractivity contribution in [2.24, 2.45) is 5.92 Å². The van der Waals surface area contributed by atoms with E-state index in [-0.39, 0.29) is 5.38 Å². The van der Waals surface area contributed by atoms with Crippen molar-refractivity contribution in [2.45, 2.75) is 32.1 Å². The van der Waals surface area contributed by atoms with Gasteiger partial charge in [0.2, 0.25) is 5.95 Å². The quantitative estimate of drug-likeness (QED) is 0.822. The normalized spacial score (nSPS) is 12.8. The third kappa shape index (κ3) is 3.53. The van der Waals surface area contributed by atoms with E-state index in [1.165, 1.54) is 0 Å². The van der Waals surface area contributed by atoms with Crippen LogP contribution in [0, 0.1) is 5.92 Å². The van der Waals surface area contributed by atoms with Crippen molar-refractivity contribution in [3.8, 4) is 0 Å². The molecule has 2 rings (SSSR count). The zero-order valence-corrected chi connectivity index (χ0v) is 12.1. The Bertz CT molecular complexity index is 528. The average Bonchev–Trinajstić information content (AvgIpc) is 2.46. The molecule has 0 aliphatic carbocycles. The van der Waals surface area contributed by atoms with E-state index in [9.17, 15) is 0 Å². The molecule has 1 atom stereocenters. The lowest BCUT2D eigenvalue weighted by Crippen LogP contribution is -2.23. The van der Waals surface area contributed by atoms with Gasteiger partial charge in [0.1, 0.15) is 5.52 Å². The number of fused-ring (bicyclic) bond motifs is 1. The van der Waals surface area contributed by atoms with Gasteiger partial charge in [0.05, 0.1) is 10.9 Å². The van der Waals surface area contributed by atoms with Crippen LogP contribution in [0.3, 0.4) is 0 Å². The average molecular weight is 279 g/mol. The van der Waals surface area contributed by atoms with Crippen molar-refractivity contribution in [3.05, 3.63) is 24.3 Å². The predicted octanol–water partition coefficient (Wildman–Crippen LogP) is 3.48. The van der Waals surface area contributed by atoms with Gasteiger partial charge in [-0.2, -0.15) is 0 Å². The van der Waals surface area contributed by atoms with Crippen LogP contribution in [0.25, 0.3) is 11.0 Å². The van der Waals surface area contributed by atoms with Gasteiger partial charge in [-0.25, -0.2) is 4.98 Å². The van der Waals surface area contributed by atoms with E-state index in [2.05, 4.69) is 34.3 Å². The van der Waals surface area contributed by atoms with Crippen molar-refractivity contribution in [1.82, 2.24) is 15.2 Å². The van der Waals surface area contributed by atoms with Gasteiger partial charge in [0.25, 0.3) is 0 Å². The number of nitrogens with zero attached hydrogens (tertiary/aromatic N) is 3. The molecule has 1 aromatic heterocycles. The van der Waals surface area contributed by atoms with Crippen LogP contribution in [-0.2, 0) is 0 Å². The van der Waals surface area contributed by atoms with Gasteiger partial charge >= 0.3 is 0 Å². The largest absolute Gasteiger partial charge is 0.351 e. The van der Waals surface area contributed by atoms with Crippen LogP contribution in [0.15, 0.2) is 24.3 Å². The number of alkyl halides is 1. The summed E-state index contributed by atoms with van der Waals surface area (Å²) in [5.41, 5.74) is 1.64. The van der Waals surface area contributed by atoms with Crippen molar-refractivity contribution >= 4 is 28.6 Å². The summed E-state index contributed by atoms with van der Waals surface area (Å²) in [7, 11) is 0. The summed E-state index contributed by atoms with van der Waals surface area (Å²) in [4.78, 5) is 4.41. The number of hydrogen-bond acceptors (Lipinski definition) is 4. The number of benzene rings is 1. The minimum atomic E-state index is 0.0880. The first-order valence-electron chi connectivity index (χ1n) is 6.72. The molecule has 0 radical (unpaired) electrons. The monoisotopic (exact) mass is 278 g/mol. The molecular weight excluding hydrogens is 260 g/mol. The van der Waals surface area contributed by atoms with Crippen molar-refractivity contribution in [3.63, 3.8) is 0 Å². The zero-order chi connectivity index (χ0) is 13.7. The second-order valence-electron chi connectivity index (χ2n) is 4.60. The second kappa shape index (κ2) is 6.66. The van der Waals surface area contributed by atoms with E-state index < -0.39 is 0 Å². The number of hydrogen-bond donors (Lipinski definition) is 1. The molecule has 0 saturated heterocycles. The molecule has 0 spiro atoms. The van der Waals surface area contributed by atoms with Crippen molar-refractivity contribution < 1.29 is 0 Å². The number of anilines is 1. The number of aromatic nitrogens is 3. The first kappa shape index (κ1) is 14.0. The lowest BCUT2D eigenvalue weighted by Gasteiger charge is -2.19. The molecular formula is C14H19ClN4. The molecule has 19 heavy (non-hydrogen) atoms. The zero-order valence-electron chi connectivity index (χ0n) is 11.3. The minimum Gasteiger partial charge on any atom is -0.351 e.